The Labute approximate surface area is 165 Å². The summed E-state index contributed by atoms with van der Waals surface area (Å²) in [6.07, 6.45) is 3.88. The van der Waals surface area contributed by atoms with E-state index in [9.17, 15) is 4.79 Å². The van der Waals surface area contributed by atoms with Crippen LogP contribution in [0.3, 0.4) is 0 Å². The molecule has 0 N–H and O–H groups in total. The maximum absolute atomic E-state index is 12.3. The van der Waals surface area contributed by atoms with Gasteiger partial charge >= 0.3 is 5.97 Å². The zero-order valence-corrected chi connectivity index (χ0v) is 15.3. The van der Waals surface area contributed by atoms with E-state index in [2.05, 4.69) is 5.16 Å². The normalized spacial score (nSPS) is 11.0. The maximum Gasteiger partial charge on any atom is 0.338 e. The van der Waals surface area contributed by atoms with E-state index in [1.807, 2.05) is 71.6 Å². The molecule has 0 aliphatic rings. The van der Waals surface area contributed by atoms with Gasteiger partial charge in [0.1, 0.15) is 17.9 Å². The molecule has 6 nitrogen and oxygen atoms in total. The second-order valence-corrected chi connectivity index (χ2v) is 6.54. The van der Waals surface area contributed by atoms with E-state index in [1.165, 1.54) is 0 Å². The summed E-state index contributed by atoms with van der Waals surface area (Å²) in [6.45, 7) is 0.0158. The number of hydrogen-bond donors (Lipinski definition) is 0. The Hall–Kier alpha value is -4.06. The number of carbonyl (C=O) groups is 1. The predicted molar refractivity (Wildman–Crippen MR) is 107 cm³/mol. The zero-order chi connectivity index (χ0) is 19.6. The molecule has 0 unspecified atom stereocenters. The van der Waals surface area contributed by atoms with Crippen molar-refractivity contribution in [1.29, 1.82) is 0 Å². The molecule has 3 heterocycles. The molecule has 0 amide bonds. The summed E-state index contributed by atoms with van der Waals surface area (Å²) in [7, 11) is 0. The molecule has 0 saturated heterocycles. The molecule has 0 atom stereocenters. The van der Waals surface area contributed by atoms with E-state index in [1.54, 1.807) is 18.2 Å². The molecule has 0 aliphatic heterocycles. The third kappa shape index (κ3) is 3.43. The number of ether oxygens (including phenoxy) is 1. The molecular weight excluding hydrogens is 368 g/mol. The van der Waals surface area contributed by atoms with E-state index in [-0.39, 0.29) is 6.61 Å². The van der Waals surface area contributed by atoms with Crippen LogP contribution in [-0.4, -0.2) is 15.7 Å². The van der Waals surface area contributed by atoms with Crippen LogP contribution in [0, 0.1) is 0 Å². The maximum atomic E-state index is 12.3. The van der Waals surface area contributed by atoms with Crippen LogP contribution in [-0.2, 0) is 11.3 Å². The van der Waals surface area contributed by atoms with Crippen LogP contribution in [0.25, 0.3) is 28.2 Å². The highest BCUT2D eigenvalue weighted by Gasteiger charge is 2.14. The largest absolute Gasteiger partial charge is 0.455 e. The molecule has 5 rings (SSSR count). The van der Waals surface area contributed by atoms with Crippen molar-refractivity contribution in [2.45, 2.75) is 6.61 Å². The van der Waals surface area contributed by atoms with Gasteiger partial charge in [0, 0.05) is 29.5 Å². The van der Waals surface area contributed by atoms with E-state index in [0.29, 0.717) is 22.8 Å². The second kappa shape index (κ2) is 7.16. The Kier molecular flexibility index (Phi) is 4.22. The lowest BCUT2D eigenvalue weighted by Crippen LogP contribution is -2.05. The summed E-state index contributed by atoms with van der Waals surface area (Å²) in [5, 5.41) is 4.94. The van der Waals surface area contributed by atoms with Gasteiger partial charge in [0.05, 0.1) is 5.56 Å². The minimum atomic E-state index is -0.419. The number of hydrogen-bond acceptors (Lipinski definition) is 5. The highest BCUT2D eigenvalue weighted by Crippen LogP contribution is 2.28. The van der Waals surface area contributed by atoms with Gasteiger partial charge < -0.3 is 18.2 Å². The van der Waals surface area contributed by atoms with Crippen molar-refractivity contribution >= 4 is 16.9 Å². The van der Waals surface area contributed by atoms with Crippen molar-refractivity contribution in [1.82, 2.24) is 9.72 Å². The molecule has 0 fully saturated rings. The van der Waals surface area contributed by atoms with Crippen molar-refractivity contribution in [3.63, 3.8) is 0 Å². The van der Waals surface area contributed by atoms with Crippen molar-refractivity contribution in [2.75, 3.05) is 0 Å². The van der Waals surface area contributed by atoms with Gasteiger partial charge in [-0.1, -0.05) is 23.4 Å². The molecule has 0 aliphatic carbocycles. The molecule has 0 radical (unpaired) electrons. The monoisotopic (exact) mass is 384 g/mol. The summed E-state index contributed by atoms with van der Waals surface area (Å²) in [4.78, 5) is 12.3. The SMILES string of the molecule is O=C(OCc1cc(-c2cc3ccccc3o2)on1)c1ccc(-n2cccc2)cc1. The average molecular weight is 384 g/mol. The van der Waals surface area contributed by atoms with Gasteiger partial charge in [0.2, 0.25) is 5.76 Å². The highest BCUT2D eigenvalue weighted by atomic mass is 16.5. The highest BCUT2D eigenvalue weighted by molar-refractivity contribution is 5.89. The zero-order valence-electron chi connectivity index (χ0n) is 15.3. The first-order valence-corrected chi connectivity index (χ1v) is 9.11. The van der Waals surface area contributed by atoms with Crippen molar-refractivity contribution in [3.05, 3.63) is 96.4 Å². The second-order valence-electron chi connectivity index (χ2n) is 6.54. The summed E-state index contributed by atoms with van der Waals surface area (Å²) in [5.41, 5.74) is 2.73. The van der Waals surface area contributed by atoms with Gasteiger partial charge in [-0.05, 0) is 48.5 Å². The fraction of sp³-hybridized carbons (Fsp3) is 0.0435. The Morgan fingerprint density at radius 3 is 2.52 bits per heavy atom. The van der Waals surface area contributed by atoms with E-state index in [4.69, 9.17) is 13.7 Å². The van der Waals surface area contributed by atoms with Crippen LogP contribution in [0.5, 0.6) is 0 Å². The molecule has 5 aromatic rings. The number of carbonyl (C=O) groups excluding carboxylic acids is 1. The summed E-state index contributed by atoms with van der Waals surface area (Å²) >= 11 is 0. The van der Waals surface area contributed by atoms with E-state index >= 15 is 0 Å². The van der Waals surface area contributed by atoms with Crippen LogP contribution in [0.2, 0.25) is 0 Å². The molecule has 0 saturated carbocycles. The number of furan rings is 1. The lowest BCUT2D eigenvalue weighted by molar-refractivity contribution is 0.0464. The predicted octanol–water partition coefficient (Wildman–Crippen LogP) is 5.24. The van der Waals surface area contributed by atoms with Crippen LogP contribution < -0.4 is 0 Å². The van der Waals surface area contributed by atoms with Crippen LogP contribution >= 0.6 is 0 Å². The topological polar surface area (TPSA) is 70.4 Å². The first-order chi connectivity index (χ1) is 14.3. The quantitative estimate of drug-likeness (QED) is 0.388. The van der Waals surface area contributed by atoms with Crippen LogP contribution in [0.15, 0.2) is 94.1 Å². The summed E-state index contributed by atoms with van der Waals surface area (Å²) in [6, 6.07) is 22.4. The molecule has 2 aromatic carbocycles. The Balaban J connectivity index is 1.25. The smallest absolute Gasteiger partial charge is 0.338 e. The molecule has 3 aromatic heterocycles. The first kappa shape index (κ1) is 17.1. The number of benzene rings is 2. The number of fused-ring (bicyclic) bond motifs is 1. The van der Waals surface area contributed by atoms with Gasteiger partial charge in [0.15, 0.2) is 5.76 Å². The van der Waals surface area contributed by atoms with Gasteiger partial charge in [0.25, 0.3) is 0 Å². The molecule has 6 heteroatoms. The third-order valence-corrected chi connectivity index (χ3v) is 4.58. The minimum absolute atomic E-state index is 0.0158. The molecule has 29 heavy (non-hydrogen) atoms. The lowest BCUT2D eigenvalue weighted by Gasteiger charge is -2.05. The Morgan fingerprint density at radius 2 is 1.72 bits per heavy atom. The van der Waals surface area contributed by atoms with Crippen LogP contribution in [0.4, 0.5) is 0 Å². The van der Waals surface area contributed by atoms with Gasteiger partial charge in [-0.15, -0.1) is 0 Å². The fourth-order valence-corrected chi connectivity index (χ4v) is 3.10. The van der Waals surface area contributed by atoms with Crippen molar-refractivity contribution in [2.24, 2.45) is 0 Å². The standard InChI is InChI=1S/C23H16N2O4/c26-23(16-7-9-19(10-8-16)25-11-3-4-12-25)27-15-18-14-22(29-24-18)21-13-17-5-1-2-6-20(17)28-21/h1-14H,15H2. The van der Waals surface area contributed by atoms with Gasteiger partial charge in [-0.3, -0.25) is 0 Å². The molecule has 142 valence electrons. The number of rotatable bonds is 5. The molecular formula is C23H16N2O4. The minimum Gasteiger partial charge on any atom is -0.455 e. The lowest BCUT2D eigenvalue weighted by atomic mass is 10.2. The number of aromatic nitrogens is 2. The van der Waals surface area contributed by atoms with Crippen molar-refractivity contribution < 1.29 is 18.5 Å². The number of esters is 1. The molecule has 0 bridgehead atoms. The first-order valence-electron chi connectivity index (χ1n) is 9.11. The summed E-state index contributed by atoms with van der Waals surface area (Å²) in [5.74, 6) is 0.651. The third-order valence-electron chi connectivity index (χ3n) is 4.58. The number of para-hydroxylation sites is 1. The van der Waals surface area contributed by atoms with Crippen LogP contribution in [0.1, 0.15) is 16.1 Å². The average Bonchev–Trinajstić information content (AvgIpc) is 3.52. The fourth-order valence-electron chi connectivity index (χ4n) is 3.10. The molecule has 0 spiro atoms. The van der Waals surface area contributed by atoms with E-state index in [0.717, 1.165) is 16.7 Å². The Morgan fingerprint density at radius 1 is 0.931 bits per heavy atom. The van der Waals surface area contributed by atoms with Gasteiger partial charge in [-0.25, -0.2) is 4.79 Å². The van der Waals surface area contributed by atoms with E-state index < -0.39 is 5.97 Å². The van der Waals surface area contributed by atoms with Crippen molar-refractivity contribution in [3.8, 4) is 17.2 Å². The number of nitrogens with zero attached hydrogens (tertiary/aromatic N) is 2. The van der Waals surface area contributed by atoms with Gasteiger partial charge in [-0.2, -0.15) is 0 Å². The Bertz CT molecular complexity index is 1230. The summed E-state index contributed by atoms with van der Waals surface area (Å²) < 4.78 is 18.4.